The summed E-state index contributed by atoms with van der Waals surface area (Å²) >= 11 is 4.96. The van der Waals surface area contributed by atoms with Crippen LogP contribution in [0.25, 0.3) is 0 Å². The van der Waals surface area contributed by atoms with Crippen molar-refractivity contribution in [2.45, 2.75) is 26.2 Å². The number of hydrogen-bond donors (Lipinski definition) is 1. The highest BCUT2D eigenvalue weighted by Gasteiger charge is 2.12. The number of hydrogen-bond acceptors (Lipinski definition) is 3. The van der Waals surface area contributed by atoms with Gasteiger partial charge in [0.2, 0.25) is 0 Å². The van der Waals surface area contributed by atoms with Crippen molar-refractivity contribution in [2.24, 2.45) is 0 Å². The molecule has 0 aliphatic heterocycles. The summed E-state index contributed by atoms with van der Waals surface area (Å²) in [5.41, 5.74) is 0.718. The quantitative estimate of drug-likeness (QED) is 0.945. The van der Waals surface area contributed by atoms with Gasteiger partial charge in [-0.25, -0.2) is 4.98 Å². The number of halogens is 1. The van der Waals surface area contributed by atoms with Crippen LogP contribution in [0.15, 0.2) is 26.8 Å². The van der Waals surface area contributed by atoms with Crippen LogP contribution in [0.5, 0.6) is 0 Å². The molecule has 0 amide bonds. The van der Waals surface area contributed by atoms with Gasteiger partial charge in [0.25, 0.3) is 5.56 Å². The third-order valence-corrected chi connectivity index (χ3v) is 4.05. The fourth-order valence-electron chi connectivity index (χ4n) is 1.57. The Hall–Kier alpha value is -0.940. The van der Waals surface area contributed by atoms with E-state index in [9.17, 15) is 4.79 Å². The molecule has 0 aliphatic carbocycles. The Morgan fingerprint density at radius 1 is 1.53 bits per heavy atom. The molecule has 2 heterocycles. The highest BCUT2D eigenvalue weighted by Crippen LogP contribution is 2.20. The van der Waals surface area contributed by atoms with Crippen molar-refractivity contribution in [3.05, 3.63) is 48.7 Å². The molecule has 0 aliphatic rings. The van der Waals surface area contributed by atoms with Crippen molar-refractivity contribution in [3.63, 3.8) is 0 Å². The summed E-state index contributed by atoms with van der Waals surface area (Å²) in [6.45, 7) is 4.06. The molecule has 3 nitrogen and oxygen atoms in total. The zero-order valence-electron chi connectivity index (χ0n) is 9.66. The third kappa shape index (κ3) is 2.84. The Morgan fingerprint density at radius 2 is 2.29 bits per heavy atom. The van der Waals surface area contributed by atoms with Crippen molar-refractivity contribution in [1.82, 2.24) is 9.97 Å². The summed E-state index contributed by atoms with van der Waals surface area (Å²) in [7, 11) is 0. The number of nitrogens with zero attached hydrogens (tertiary/aromatic N) is 1. The molecule has 90 valence electrons. The summed E-state index contributed by atoms with van der Waals surface area (Å²) < 4.78 is 0.544. The van der Waals surface area contributed by atoms with Gasteiger partial charge in [-0.2, -0.15) is 0 Å². The summed E-state index contributed by atoms with van der Waals surface area (Å²) in [5.74, 6) is 0.957. The Kier molecular flexibility index (Phi) is 3.79. The molecule has 0 aromatic carbocycles. The second kappa shape index (κ2) is 5.14. The summed E-state index contributed by atoms with van der Waals surface area (Å²) in [6.07, 6.45) is 0.680. The van der Waals surface area contributed by atoms with Crippen LogP contribution in [0.2, 0.25) is 0 Å². The lowest BCUT2D eigenvalue weighted by molar-refractivity contribution is 0.777. The van der Waals surface area contributed by atoms with E-state index in [1.54, 1.807) is 11.3 Å². The van der Waals surface area contributed by atoms with E-state index >= 15 is 0 Å². The monoisotopic (exact) mass is 312 g/mol. The number of nitrogens with one attached hydrogen (secondary N) is 1. The highest BCUT2D eigenvalue weighted by molar-refractivity contribution is 9.10. The fourth-order valence-corrected chi connectivity index (χ4v) is 2.92. The molecule has 2 aromatic rings. The highest BCUT2D eigenvalue weighted by atomic mass is 79.9. The molecule has 2 rings (SSSR count). The number of H-pyrrole nitrogens is 1. The van der Waals surface area contributed by atoms with Crippen molar-refractivity contribution < 1.29 is 0 Å². The minimum Gasteiger partial charge on any atom is -0.309 e. The van der Waals surface area contributed by atoms with Crippen molar-refractivity contribution >= 4 is 27.3 Å². The van der Waals surface area contributed by atoms with Crippen LogP contribution < -0.4 is 5.56 Å². The fraction of sp³-hybridized carbons (Fsp3) is 0.333. The number of thiophene rings is 1. The second-order valence-electron chi connectivity index (χ2n) is 4.12. The number of aromatic amines is 1. The molecule has 0 spiro atoms. The number of aromatic nitrogens is 2. The zero-order valence-corrected chi connectivity index (χ0v) is 12.1. The van der Waals surface area contributed by atoms with Gasteiger partial charge in [-0.1, -0.05) is 19.9 Å². The largest absolute Gasteiger partial charge is 0.309 e. The zero-order chi connectivity index (χ0) is 12.4. The van der Waals surface area contributed by atoms with E-state index in [-0.39, 0.29) is 11.5 Å². The van der Waals surface area contributed by atoms with Crippen molar-refractivity contribution in [2.75, 3.05) is 0 Å². The smallest absolute Gasteiger partial charge is 0.265 e. The maximum atomic E-state index is 11.8. The van der Waals surface area contributed by atoms with Crippen molar-refractivity contribution in [3.8, 4) is 0 Å². The molecule has 0 radical (unpaired) electrons. The SMILES string of the molecule is CC(C)c1nc(Cc2cccs2)[nH]c(=O)c1Br. The van der Waals surface area contributed by atoms with Gasteiger partial charge in [0, 0.05) is 11.3 Å². The van der Waals surface area contributed by atoms with E-state index in [4.69, 9.17) is 0 Å². The molecular weight excluding hydrogens is 300 g/mol. The van der Waals surface area contributed by atoms with Crippen LogP contribution in [-0.4, -0.2) is 9.97 Å². The van der Waals surface area contributed by atoms with Crippen LogP contribution >= 0.6 is 27.3 Å². The first-order valence-corrected chi connectivity index (χ1v) is 7.06. The lowest BCUT2D eigenvalue weighted by atomic mass is 10.1. The van der Waals surface area contributed by atoms with Gasteiger partial charge in [0.15, 0.2) is 0 Å². The average molecular weight is 313 g/mol. The first-order valence-electron chi connectivity index (χ1n) is 5.39. The minimum atomic E-state index is -0.102. The van der Waals surface area contributed by atoms with Crippen LogP contribution in [0.3, 0.4) is 0 Å². The third-order valence-electron chi connectivity index (χ3n) is 2.41. The summed E-state index contributed by atoms with van der Waals surface area (Å²) in [4.78, 5) is 20.3. The maximum absolute atomic E-state index is 11.8. The lowest BCUT2D eigenvalue weighted by Gasteiger charge is -2.08. The Balaban J connectivity index is 2.39. The van der Waals surface area contributed by atoms with E-state index in [0.717, 1.165) is 11.5 Å². The standard InChI is InChI=1S/C12H13BrN2OS/c1-7(2)11-10(13)12(16)15-9(14-11)6-8-4-3-5-17-8/h3-5,7H,6H2,1-2H3,(H,14,15,16). The van der Waals surface area contributed by atoms with E-state index < -0.39 is 0 Å². The second-order valence-corrected chi connectivity index (χ2v) is 5.95. The van der Waals surface area contributed by atoms with Crippen LogP contribution in [0, 0.1) is 0 Å². The average Bonchev–Trinajstić information content (AvgIpc) is 2.75. The molecule has 0 saturated carbocycles. The van der Waals surface area contributed by atoms with E-state index in [1.165, 1.54) is 4.88 Å². The molecular formula is C12H13BrN2OS. The van der Waals surface area contributed by atoms with Gasteiger partial charge in [-0.05, 0) is 33.3 Å². The lowest BCUT2D eigenvalue weighted by Crippen LogP contribution is -2.16. The van der Waals surface area contributed by atoms with E-state index in [2.05, 4.69) is 25.9 Å². The molecule has 0 fully saturated rings. The molecule has 17 heavy (non-hydrogen) atoms. The van der Waals surface area contributed by atoms with Gasteiger partial charge in [-0.15, -0.1) is 11.3 Å². The molecule has 5 heteroatoms. The first kappa shape index (κ1) is 12.5. The predicted molar refractivity (Wildman–Crippen MR) is 73.8 cm³/mol. The van der Waals surface area contributed by atoms with Gasteiger partial charge >= 0.3 is 0 Å². The van der Waals surface area contributed by atoms with Gasteiger partial charge < -0.3 is 4.98 Å². The van der Waals surface area contributed by atoms with Crippen LogP contribution in [0.1, 0.15) is 36.2 Å². The maximum Gasteiger partial charge on any atom is 0.265 e. The van der Waals surface area contributed by atoms with Gasteiger partial charge in [-0.3, -0.25) is 4.79 Å². The normalized spacial score (nSPS) is 11.1. The van der Waals surface area contributed by atoms with E-state index in [0.29, 0.717) is 10.9 Å². The Labute approximate surface area is 112 Å². The first-order chi connectivity index (χ1) is 8.08. The van der Waals surface area contributed by atoms with Crippen LogP contribution in [0.4, 0.5) is 0 Å². The van der Waals surface area contributed by atoms with E-state index in [1.807, 2.05) is 31.4 Å². The summed E-state index contributed by atoms with van der Waals surface area (Å²) in [5, 5.41) is 2.02. The molecule has 0 unspecified atom stereocenters. The van der Waals surface area contributed by atoms with Gasteiger partial charge in [0.1, 0.15) is 10.3 Å². The number of rotatable bonds is 3. The molecule has 1 N–H and O–H groups in total. The molecule has 2 aromatic heterocycles. The minimum absolute atomic E-state index is 0.102. The Morgan fingerprint density at radius 3 is 2.88 bits per heavy atom. The summed E-state index contributed by atoms with van der Waals surface area (Å²) in [6, 6.07) is 4.04. The molecule has 0 bridgehead atoms. The molecule has 0 atom stereocenters. The topological polar surface area (TPSA) is 45.8 Å². The molecule has 0 saturated heterocycles. The van der Waals surface area contributed by atoms with Crippen LogP contribution in [-0.2, 0) is 6.42 Å². The Bertz CT molecular complexity index is 560. The predicted octanol–water partition coefficient (Wildman–Crippen LogP) is 3.31. The van der Waals surface area contributed by atoms with Gasteiger partial charge in [0.05, 0.1) is 5.69 Å². The van der Waals surface area contributed by atoms with Crippen molar-refractivity contribution in [1.29, 1.82) is 0 Å².